The Morgan fingerprint density at radius 1 is 0.947 bits per heavy atom. The molecule has 19 heavy (non-hydrogen) atoms. The van der Waals surface area contributed by atoms with Crippen LogP contribution in [0.2, 0.25) is 0 Å². The number of benzene rings is 2. The van der Waals surface area contributed by atoms with E-state index in [1.54, 1.807) is 6.20 Å². The average molecular weight is 249 g/mol. The van der Waals surface area contributed by atoms with Gasteiger partial charge in [-0.15, -0.1) is 0 Å². The minimum atomic E-state index is -0.617. The standard InChI is InChI=1S/C17H15NO/c1-12-6-8-13(9-7-12)17(19)15-10-11-18-16-5-3-2-4-14(15)16/h2-11,17,19H,1H3. The van der Waals surface area contributed by atoms with Gasteiger partial charge in [0, 0.05) is 11.6 Å². The van der Waals surface area contributed by atoms with E-state index in [4.69, 9.17) is 0 Å². The summed E-state index contributed by atoms with van der Waals surface area (Å²) < 4.78 is 0. The molecule has 1 heterocycles. The first-order chi connectivity index (χ1) is 9.25. The lowest BCUT2D eigenvalue weighted by atomic mass is 9.98. The van der Waals surface area contributed by atoms with Gasteiger partial charge in [-0.2, -0.15) is 0 Å². The SMILES string of the molecule is Cc1ccc(C(O)c2ccnc3ccccc23)cc1. The number of para-hydroxylation sites is 1. The second-order valence-corrected chi connectivity index (χ2v) is 4.73. The van der Waals surface area contributed by atoms with E-state index >= 15 is 0 Å². The van der Waals surface area contributed by atoms with Gasteiger partial charge in [0.05, 0.1) is 5.52 Å². The largest absolute Gasteiger partial charge is 0.384 e. The van der Waals surface area contributed by atoms with Crippen molar-refractivity contribution in [2.24, 2.45) is 0 Å². The van der Waals surface area contributed by atoms with Gasteiger partial charge in [-0.1, -0.05) is 48.0 Å². The van der Waals surface area contributed by atoms with E-state index < -0.39 is 6.10 Å². The molecule has 0 aliphatic heterocycles. The molecular formula is C17H15NO. The predicted octanol–water partition coefficient (Wildman–Crippen LogP) is 3.62. The second-order valence-electron chi connectivity index (χ2n) is 4.73. The first-order valence-electron chi connectivity index (χ1n) is 6.34. The molecule has 0 aliphatic rings. The Labute approximate surface area is 112 Å². The number of aromatic nitrogens is 1. The van der Waals surface area contributed by atoms with Gasteiger partial charge < -0.3 is 5.11 Å². The maximum atomic E-state index is 10.6. The predicted molar refractivity (Wildman–Crippen MR) is 77.0 cm³/mol. The molecule has 0 bridgehead atoms. The molecule has 2 nitrogen and oxygen atoms in total. The van der Waals surface area contributed by atoms with Gasteiger partial charge >= 0.3 is 0 Å². The van der Waals surface area contributed by atoms with Gasteiger partial charge in [-0.3, -0.25) is 4.98 Å². The molecule has 2 aromatic carbocycles. The first kappa shape index (κ1) is 11.9. The molecule has 1 atom stereocenters. The summed E-state index contributed by atoms with van der Waals surface area (Å²) >= 11 is 0. The van der Waals surface area contributed by atoms with Gasteiger partial charge in [-0.05, 0) is 30.2 Å². The first-order valence-corrected chi connectivity index (χ1v) is 6.34. The van der Waals surface area contributed by atoms with E-state index in [2.05, 4.69) is 4.98 Å². The Balaban J connectivity index is 2.11. The highest BCUT2D eigenvalue weighted by atomic mass is 16.3. The number of hydrogen-bond donors (Lipinski definition) is 1. The lowest BCUT2D eigenvalue weighted by molar-refractivity contribution is 0.222. The van der Waals surface area contributed by atoms with E-state index in [1.807, 2.05) is 61.5 Å². The lowest BCUT2D eigenvalue weighted by Crippen LogP contribution is -2.01. The van der Waals surface area contributed by atoms with E-state index in [0.29, 0.717) is 0 Å². The zero-order chi connectivity index (χ0) is 13.2. The van der Waals surface area contributed by atoms with Crippen LogP contribution in [0.5, 0.6) is 0 Å². The number of nitrogens with zero attached hydrogens (tertiary/aromatic N) is 1. The lowest BCUT2D eigenvalue weighted by Gasteiger charge is -2.14. The van der Waals surface area contributed by atoms with E-state index in [0.717, 1.165) is 22.0 Å². The molecule has 2 heteroatoms. The van der Waals surface area contributed by atoms with Crippen LogP contribution in [0.3, 0.4) is 0 Å². The van der Waals surface area contributed by atoms with Gasteiger partial charge in [0.15, 0.2) is 0 Å². The van der Waals surface area contributed by atoms with E-state index in [1.165, 1.54) is 5.56 Å². The molecule has 1 N–H and O–H groups in total. The molecule has 0 fully saturated rings. The molecule has 1 unspecified atom stereocenters. The number of aryl methyl sites for hydroxylation is 1. The van der Waals surface area contributed by atoms with Crippen LogP contribution in [-0.4, -0.2) is 10.1 Å². The normalized spacial score (nSPS) is 12.5. The summed E-state index contributed by atoms with van der Waals surface area (Å²) in [6.07, 6.45) is 1.13. The quantitative estimate of drug-likeness (QED) is 0.752. The summed E-state index contributed by atoms with van der Waals surface area (Å²) in [6, 6.07) is 17.7. The van der Waals surface area contributed by atoms with Gasteiger partial charge in [0.2, 0.25) is 0 Å². The highest BCUT2D eigenvalue weighted by Crippen LogP contribution is 2.27. The molecular weight excluding hydrogens is 234 g/mol. The summed E-state index contributed by atoms with van der Waals surface area (Å²) in [4.78, 5) is 4.32. The van der Waals surface area contributed by atoms with Gasteiger partial charge in [-0.25, -0.2) is 0 Å². The minimum Gasteiger partial charge on any atom is -0.384 e. The second kappa shape index (κ2) is 4.82. The van der Waals surface area contributed by atoms with Crippen molar-refractivity contribution in [1.82, 2.24) is 4.98 Å². The van der Waals surface area contributed by atoms with Crippen molar-refractivity contribution in [2.75, 3.05) is 0 Å². The summed E-state index contributed by atoms with van der Waals surface area (Å²) in [5, 5.41) is 11.6. The summed E-state index contributed by atoms with van der Waals surface area (Å²) in [6.45, 7) is 2.04. The third-order valence-corrected chi connectivity index (χ3v) is 3.37. The maximum absolute atomic E-state index is 10.6. The van der Waals surface area contributed by atoms with Crippen molar-refractivity contribution in [2.45, 2.75) is 13.0 Å². The molecule has 3 rings (SSSR count). The monoisotopic (exact) mass is 249 g/mol. The number of rotatable bonds is 2. The Morgan fingerprint density at radius 3 is 2.47 bits per heavy atom. The van der Waals surface area contributed by atoms with Crippen LogP contribution >= 0.6 is 0 Å². The number of aliphatic hydroxyl groups excluding tert-OH is 1. The van der Waals surface area contributed by atoms with E-state index in [-0.39, 0.29) is 0 Å². The third-order valence-electron chi connectivity index (χ3n) is 3.37. The van der Waals surface area contributed by atoms with Crippen LogP contribution in [0.25, 0.3) is 10.9 Å². The van der Waals surface area contributed by atoms with Crippen LogP contribution in [0.15, 0.2) is 60.8 Å². The van der Waals surface area contributed by atoms with Crippen LogP contribution in [0, 0.1) is 6.92 Å². The average Bonchev–Trinajstić information content (AvgIpc) is 2.47. The highest BCUT2D eigenvalue weighted by Gasteiger charge is 2.13. The van der Waals surface area contributed by atoms with E-state index in [9.17, 15) is 5.11 Å². The van der Waals surface area contributed by atoms with Crippen molar-refractivity contribution in [3.63, 3.8) is 0 Å². The topological polar surface area (TPSA) is 33.1 Å². The van der Waals surface area contributed by atoms with Crippen molar-refractivity contribution in [3.05, 3.63) is 77.5 Å². The highest BCUT2D eigenvalue weighted by molar-refractivity contribution is 5.82. The van der Waals surface area contributed by atoms with Crippen molar-refractivity contribution >= 4 is 10.9 Å². The molecule has 94 valence electrons. The Bertz CT molecular complexity index is 699. The smallest absolute Gasteiger partial charge is 0.105 e. The molecule has 0 radical (unpaired) electrons. The molecule has 0 saturated heterocycles. The van der Waals surface area contributed by atoms with Crippen LogP contribution in [-0.2, 0) is 0 Å². The van der Waals surface area contributed by atoms with Crippen molar-refractivity contribution in [1.29, 1.82) is 0 Å². The van der Waals surface area contributed by atoms with Crippen molar-refractivity contribution in [3.8, 4) is 0 Å². The summed E-state index contributed by atoms with van der Waals surface area (Å²) in [7, 11) is 0. The van der Waals surface area contributed by atoms with Crippen LogP contribution in [0.4, 0.5) is 0 Å². The Morgan fingerprint density at radius 2 is 1.68 bits per heavy atom. The minimum absolute atomic E-state index is 0.617. The number of aliphatic hydroxyl groups is 1. The summed E-state index contributed by atoms with van der Waals surface area (Å²) in [5.74, 6) is 0. The molecule has 0 saturated carbocycles. The van der Waals surface area contributed by atoms with Crippen molar-refractivity contribution < 1.29 is 5.11 Å². The maximum Gasteiger partial charge on any atom is 0.105 e. The zero-order valence-corrected chi connectivity index (χ0v) is 10.7. The molecule has 0 aliphatic carbocycles. The van der Waals surface area contributed by atoms with Crippen LogP contribution < -0.4 is 0 Å². The Kier molecular flexibility index (Phi) is 3.02. The fourth-order valence-electron chi connectivity index (χ4n) is 2.28. The van der Waals surface area contributed by atoms with Crippen LogP contribution in [0.1, 0.15) is 22.8 Å². The Hall–Kier alpha value is -2.19. The molecule has 0 spiro atoms. The molecule has 3 aromatic rings. The molecule has 1 aromatic heterocycles. The molecule has 0 amide bonds. The summed E-state index contributed by atoms with van der Waals surface area (Å²) in [5.41, 5.74) is 3.90. The fraction of sp³-hybridized carbons (Fsp3) is 0.118. The third kappa shape index (κ3) is 2.23. The fourth-order valence-corrected chi connectivity index (χ4v) is 2.28. The van der Waals surface area contributed by atoms with Gasteiger partial charge in [0.25, 0.3) is 0 Å². The number of pyridine rings is 1. The number of fused-ring (bicyclic) bond motifs is 1. The zero-order valence-electron chi connectivity index (χ0n) is 10.7. The number of hydrogen-bond acceptors (Lipinski definition) is 2. The van der Waals surface area contributed by atoms with Gasteiger partial charge in [0.1, 0.15) is 6.10 Å².